The number of hydrogen-bond donors (Lipinski definition) is 1. The lowest BCUT2D eigenvalue weighted by Gasteiger charge is -2.29. The second-order valence-electron chi connectivity index (χ2n) is 9.32. The molecule has 1 amide bonds. The molecule has 1 N–H and O–H groups in total. The average Bonchev–Trinajstić information content (AvgIpc) is 2.89. The molecule has 1 unspecified atom stereocenters. The zero-order valence-corrected chi connectivity index (χ0v) is 21.4. The minimum Gasteiger partial charge on any atom is -0.492 e. The first kappa shape index (κ1) is 29.3. The highest BCUT2D eigenvalue weighted by atomic mass is 19.4. The van der Waals surface area contributed by atoms with E-state index in [9.17, 15) is 27.9 Å². The Morgan fingerprint density at radius 2 is 1.63 bits per heavy atom. The summed E-state index contributed by atoms with van der Waals surface area (Å²) in [6.07, 6.45) is -0.412. The molecule has 1 fully saturated rings. The molecule has 1 atom stereocenters. The number of carbonyl (C=O) groups is 2. The minimum absolute atomic E-state index is 0.0415. The first-order chi connectivity index (χ1) is 18.2. The number of halogens is 3. The summed E-state index contributed by atoms with van der Waals surface area (Å²) < 4.78 is 54.9. The van der Waals surface area contributed by atoms with Crippen LogP contribution in [0.4, 0.5) is 18.0 Å². The Hall–Kier alpha value is -3.27. The van der Waals surface area contributed by atoms with Crippen LogP contribution in [0.5, 0.6) is 11.5 Å². The van der Waals surface area contributed by atoms with Crippen LogP contribution < -0.4 is 9.47 Å². The summed E-state index contributed by atoms with van der Waals surface area (Å²) in [5.41, 5.74) is -0.0237. The Kier molecular flexibility index (Phi) is 10.8. The number of nitrogens with zero attached hydrogens (tertiary/aromatic N) is 1. The molecular weight excluding hydrogens is 503 g/mol. The quantitative estimate of drug-likeness (QED) is 0.347. The Morgan fingerprint density at radius 1 is 1.00 bits per heavy atom. The van der Waals surface area contributed by atoms with Gasteiger partial charge in [0.2, 0.25) is 0 Å². The third-order valence-electron chi connectivity index (χ3n) is 6.47. The van der Waals surface area contributed by atoms with Gasteiger partial charge in [0.05, 0.1) is 12.1 Å². The predicted octanol–water partition coefficient (Wildman–Crippen LogP) is 6.20. The molecular formula is C28H34F3NO6. The van der Waals surface area contributed by atoms with Gasteiger partial charge in [-0.2, -0.15) is 13.2 Å². The van der Waals surface area contributed by atoms with Gasteiger partial charge in [0.25, 0.3) is 0 Å². The van der Waals surface area contributed by atoms with Crippen molar-refractivity contribution in [1.29, 1.82) is 0 Å². The van der Waals surface area contributed by atoms with E-state index in [0.29, 0.717) is 24.8 Å². The van der Waals surface area contributed by atoms with E-state index in [1.54, 1.807) is 36.1 Å². The largest absolute Gasteiger partial charge is 0.492 e. The SMILES string of the molecule is CCOC(Cc1ccc(OCCN(CC2CCCCC2)C(=O)Oc2ccc(C(F)(F)F)cc2)cc1)C(=O)O. The first-order valence-corrected chi connectivity index (χ1v) is 12.9. The highest BCUT2D eigenvalue weighted by Gasteiger charge is 2.30. The fraction of sp³-hybridized carbons (Fsp3) is 0.500. The van der Waals surface area contributed by atoms with Crippen molar-refractivity contribution in [1.82, 2.24) is 4.90 Å². The van der Waals surface area contributed by atoms with Crippen molar-refractivity contribution in [2.24, 2.45) is 5.92 Å². The van der Waals surface area contributed by atoms with Crippen LogP contribution in [0.3, 0.4) is 0 Å². The van der Waals surface area contributed by atoms with Gasteiger partial charge < -0.3 is 24.2 Å². The van der Waals surface area contributed by atoms with E-state index in [1.165, 1.54) is 6.42 Å². The van der Waals surface area contributed by atoms with Gasteiger partial charge in [0.15, 0.2) is 6.10 Å². The van der Waals surface area contributed by atoms with Crippen molar-refractivity contribution in [2.75, 3.05) is 26.3 Å². The molecule has 1 aliphatic carbocycles. The zero-order valence-electron chi connectivity index (χ0n) is 21.4. The van der Waals surface area contributed by atoms with Gasteiger partial charge in [-0.3, -0.25) is 0 Å². The van der Waals surface area contributed by atoms with Crippen LogP contribution in [0.1, 0.15) is 50.2 Å². The van der Waals surface area contributed by atoms with Crippen LogP contribution in [-0.4, -0.2) is 54.5 Å². The third kappa shape index (κ3) is 9.24. The average molecular weight is 538 g/mol. The second kappa shape index (κ2) is 14.0. The van der Waals surface area contributed by atoms with Crippen molar-refractivity contribution in [3.63, 3.8) is 0 Å². The lowest BCUT2D eigenvalue weighted by atomic mass is 9.89. The minimum atomic E-state index is -4.47. The fourth-order valence-corrected chi connectivity index (χ4v) is 4.44. The molecule has 0 spiro atoms. The van der Waals surface area contributed by atoms with Crippen molar-refractivity contribution in [2.45, 2.75) is 57.7 Å². The third-order valence-corrected chi connectivity index (χ3v) is 6.47. The zero-order chi connectivity index (χ0) is 27.5. The van der Waals surface area contributed by atoms with E-state index < -0.39 is 29.9 Å². The van der Waals surface area contributed by atoms with Gasteiger partial charge in [0.1, 0.15) is 18.1 Å². The van der Waals surface area contributed by atoms with Crippen molar-refractivity contribution >= 4 is 12.1 Å². The Labute approximate surface area is 220 Å². The summed E-state index contributed by atoms with van der Waals surface area (Å²) >= 11 is 0. The molecule has 2 aromatic rings. The molecule has 0 aromatic heterocycles. The maximum absolute atomic E-state index is 12.9. The van der Waals surface area contributed by atoms with Crippen LogP contribution in [0.25, 0.3) is 0 Å². The number of carboxylic acids is 1. The number of hydrogen-bond acceptors (Lipinski definition) is 5. The number of amides is 1. The van der Waals surface area contributed by atoms with Crippen molar-refractivity contribution < 1.29 is 42.1 Å². The number of alkyl halides is 3. The smallest absolute Gasteiger partial charge is 0.416 e. The second-order valence-corrected chi connectivity index (χ2v) is 9.32. The monoisotopic (exact) mass is 537 g/mol. The lowest BCUT2D eigenvalue weighted by Crippen LogP contribution is -2.40. The van der Waals surface area contributed by atoms with E-state index in [2.05, 4.69) is 0 Å². The van der Waals surface area contributed by atoms with Gasteiger partial charge in [0, 0.05) is 19.6 Å². The molecule has 1 saturated carbocycles. The van der Waals surface area contributed by atoms with Gasteiger partial charge in [-0.15, -0.1) is 0 Å². The molecule has 208 valence electrons. The van der Waals surface area contributed by atoms with E-state index >= 15 is 0 Å². The number of rotatable bonds is 12. The van der Waals surface area contributed by atoms with Crippen LogP contribution in [0.15, 0.2) is 48.5 Å². The molecule has 0 heterocycles. The van der Waals surface area contributed by atoms with Crippen LogP contribution >= 0.6 is 0 Å². The van der Waals surface area contributed by atoms with Gasteiger partial charge in [-0.1, -0.05) is 31.4 Å². The highest BCUT2D eigenvalue weighted by molar-refractivity contribution is 5.72. The molecule has 10 heteroatoms. The van der Waals surface area contributed by atoms with Gasteiger partial charge >= 0.3 is 18.2 Å². The lowest BCUT2D eigenvalue weighted by molar-refractivity contribution is -0.150. The molecule has 7 nitrogen and oxygen atoms in total. The van der Waals surface area contributed by atoms with E-state index in [4.69, 9.17) is 14.2 Å². The molecule has 2 aromatic carbocycles. The number of carbonyl (C=O) groups excluding carboxylic acids is 1. The number of benzene rings is 2. The van der Waals surface area contributed by atoms with Crippen LogP contribution in [-0.2, 0) is 22.1 Å². The summed E-state index contributed by atoms with van der Waals surface area (Å²) in [4.78, 5) is 25.8. The maximum Gasteiger partial charge on any atom is 0.416 e. The maximum atomic E-state index is 12.9. The number of carboxylic acid groups (broad SMARTS) is 1. The highest BCUT2D eigenvalue weighted by Crippen LogP contribution is 2.30. The van der Waals surface area contributed by atoms with E-state index in [-0.39, 0.29) is 25.3 Å². The Bertz CT molecular complexity index is 1020. The molecule has 1 aliphatic rings. The molecule has 0 radical (unpaired) electrons. The Morgan fingerprint density at radius 3 is 2.21 bits per heavy atom. The van der Waals surface area contributed by atoms with Crippen LogP contribution in [0.2, 0.25) is 0 Å². The number of ether oxygens (including phenoxy) is 3. The summed E-state index contributed by atoms with van der Waals surface area (Å²) in [6.45, 7) is 2.95. The summed E-state index contributed by atoms with van der Waals surface area (Å²) in [7, 11) is 0. The predicted molar refractivity (Wildman–Crippen MR) is 134 cm³/mol. The van der Waals surface area contributed by atoms with E-state index in [0.717, 1.165) is 55.5 Å². The first-order valence-electron chi connectivity index (χ1n) is 12.9. The van der Waals surface area contributed by atoms with E-state index in [1.807, 2.05) is 0 Å². The number of aliphatic carboxylic acids is 1. The summed E-state index contributed by atoms with van der Waals surface area (Å²) in [5.74, 6) is -0.0882. The molecule has 3 rings (SSSR count). The Balaban J connectivity index is 1.58. The standard InChI is InChI=1S/C28H34F3NO6/c1-2-36-25(26(33)34)18-20-8-12-23(13-9-20)37-17-16-32(19-21-6-4-3-5-7-21)27(35)38-24-14-10-22(11-15-24)28(29,30)31/h8-15,21,25H,2-7,16-19H2,1H3,(H,33,34). The van der Waals surface area contributed by atoms with Gasteiger partial charge in [-0.05, 0) is 67.6 Å². The topological polar surface area (TPSA) is 85.3 Å². The van der Waals surface area contributed by atoms with Crippen molar-refractivity contribution in [3.8, 4) is 11.5 Å². The molecule has 38 heavy (non-hydrogen) atoms. The summed E-state index contributed by atoms with van der Waals surface area (Å²) in [5, 5.41) is 9.25. The fourth-order valence-electron chi connectivity index (χ4n) is 4.44. The van der Waals surface area contributed by atoms with Crippen molar-refractivity contribution in [3.05, 3.63) is 59.7 Å². The molecule has 0 aliphatic heterocycles. The normalized spacial score (nSPS) is 15.1. The van der Waals surface area contributed by atoms with Crippen LogP contribution in [0, 0.1) is 5.92 Å². The molecule has 0 bridgehead atoms. The molecule has 0 saturated heterocycles. The van der Waals surface area contributed by atoms with Gasteiger partial charge in [-0.25, -0.2) is 9.59 Å². The summed E-state index contributed by atoms with van der Waals surface area (Å²) in [6, 6.07) is 11.0.